The SMILES string of the molecule is COc1ccc(Cl)cc1Nc1cc(NCCc2ccccc2F)nc(C)n1. The van der Waals surface area contributed by atoms with E-state index < -0.39 is 0 Å². The summed E-state index contributed by atoms with van der Waals surface area (Å²) in [5.41, 5.74) is 1.37. The maximum atomic E-state index is 13.7. The van der Waals surface area contributed by atoms with Crippen LogP contribution >= 0.6 is 11.6 Å². The predicted molar refractivity (Wildman–Crippen MR) is 107 cm³/mol. The van der Waals surface area contributed by atoms with Crippen LogP contribution in [0, 0.1) is 12.7 Å². The molecule has 27 heavy (non-hydrogen) atoms. The lowest BCUT2D eigenvalue weighted by Crippen LogP contribution is -2.09. The average molecular weight is 387 g/mol. The summed E-state index contributed by atoms with van der Waals surface area (Å²) < 4.78 is 19.0. The van der Waals surface area contributed by atoms with E-state index in [0.29, 0.717) is 52.4 Å². The molecule has 3 rings (SSSR count). The van der Waals surface area contributed by atoms with Crippen molar-refractivity contribution in [2.45, 2.75) is 13.3 Å². The smallest absolute Gasteiger partial charge is 0.142 e. The fraction of sp³-hybridized carbons (Fsp3) is 0.200. The van der Waals surface area contributed by atoms with Gasteiger partial charge in [0.05, 0.1) is 12.8 Å². The molecule has 2 N–H and O–H groups in total. The van der Waals surface area contributed by atoms with Crippen molar-refractivity contribution >= 4 is 28.9 Å². The number of methoxy groups -OCH3 is 1. The van der Waals surface area contributed by atoms with Crippen LogP contribution in [-0.4, -0.2) is 23.6 Å². The lowest BCUT2D eigenvalue weighted by molar-refractivity contribution is 0.417. The second-order valence-electron chi connectivity index (χ2n) is 5.92. The lowest BCUT2D eigenvalue weighted by atomic mass is 10.1. The predicted octanol–water partition coefficient (Wildman–Crippen LogP) is 4.98. The number of hydrogen-bond acceptors (Lipinski definition) is 5. The molecule has 0 spiro atoms. The van der Waals surface area contributed by atoms with Crippen molar-refractivity contribution < 1.29 is 9.13 Å². The van der Waals surface area contributed by atoms with E-state index in [4.69, 9.17) is 16.3 Å². The number of nitrogens with zero attached hydrogens (tertiary/aromatic N) is 2. The van der Waals surface area contributed by atoms with Gasteiger partial charge in [-0.3, -0.25) is 0 Å². The van der Waals surface area contributed by atoms with Crippen LogP contribution in [0.5, 0.6) is 5.75 Å². The van der Waals surface area contributed by atoms with E-state index in [1.807, 2.05) is 13.0 Å². The first-order chi connectivity index (χ1) is 13.0. The third kappa shape index (κ3) is 5.08. The van der Waals surface area contributed by atoms with Crippen molar-refractivity contribution in [2.75, 3.05) is 24.3 Å². The molecular formula is C20H20ClFN4O. The van der Waals surface area contributed by atoms with Gasteiger partial charge in [0, 0.05) is 17.6 Å². The molecule has 140 valence electrons. The fourth-order valence-corrected chi connectivity index (χ4v) is 2.84. The number of anilines is 3. The van der Waals surface area contributed by atoms with Crippen LogP contribution in [0.3, 0.4) is 0 Å². The largest absolute Gasteiger partial charge is 0.495 e. The van der Waals surface area contributed by atoms with Crippen LogP contribution < -0.4 is 15.4 Å². The van der Waals surface area contributed by atoms with E-state index in [2.05, 4.69) is 20.6 Å². The van der Waals surface area contributed by atoms with Crippen LogP contribution in [0.25, 0.3) is 0 Å². The highest BCUT2D eigenvalue weighted by molar-refractivity contribution is 6.31. The molecule has 1 heterocycles. The van der Waals surface area contributed by atoms with E-state index in [0.717, 1.165) is 0 Å². The standard InChI is InChI=1S/C20H20ClFN4O/c1-13-24-19(23-10-9-14-5-3-4-6-16(14)22)12-20(25-13)26-17-11-15(21)7-8-18(17)27-2/h3-8,11-12H,9-10H2,1-2H3,(H2,23,24,25,26). The van der Waals surface area contributed by atoms with Gasteiger partial charge >= 0.3 is 0 Å². The molecule has 0 atom stereocenters. The maximum Gasteiger partial charge on any atom is 0.142 e. The van der Waals surface area contributed by atoms with Gasteiger partial charge in [-0.2, -0.15) is 0 Å². The summed E-state index contributed by atoms with van der Waals surface area (Å²) in [6, 6.07) is 13.8. The molecule has 0 radical (unpaired) electrons. The zero-order chi connectivity index (χ0) is 19.2. The number of aryl methyl sites for hydroxylation is 1. The molecule has 0 unspecified atom stereocenters. The Morgan fingerprint density at radius 3 is 2.63 bits per heavy atom. The number of rotatable bonds is 7. The fourth-order valence-electron chi connectivity index (χ4n) is 2.66. The first-order valence-corrected chi connectivity index (χ1v) is 8.86. The van der Waals surface area contributed by atoms with Gasteiger partial charge in [0.1, 0.15) is 29.0 Å². The minimum atomic E-state index is -0.200. The van der Waals surface area contributed by atoms with Gasteiger partial charge in [-0.1, -0.05) is 29.8 Å². The molecule has 0 saturated carbocycles. The van der Waals surface area contributed by atoms with Gasteiger partial charge in [-0.25, -0.2) is 14.4 Å². The van der Waals surface area contributed by atoms with Gasteiger partial charge in [-0.15, -0.1) is 0 Å². The molecule has 3 aromatic rings. The van der Waals surface area contributed by atoms with Gasteiger partial charge < -0.3 is 15.4 Å². The molecule has 0 saturated heterocycles. The van der Waals surface area contributed by atoms with Gasteiger partial charge in [0.25, 0.3) is 0 Å². The minimum Gasteiger partial charge on any atom is -0.495 e. The molecule has 0 aliphatic carbocycles. The van der Waals surface area contributed by atoms with Crippen molar-refractivity contribution in [3.8, 4) is 5.75 Å². The topological polar surface area (TPSA) is 59.1 Å². The van der Waals surface area contributed by atoms with Gasteiger partial charge in [-0.05, 0) is 43.2 Å². The van der Waals surface area contributed by atoms with Crippen LogP contribution in [0.2, 0.25) is 5.02 Å². The summed E-state index contributed by atoms with van der Waals surface area (Å²) in [5, 5.41) is 7.00. The summed E-state index contributed by atoms with van der Waals surface area (Å²) in [5.74, 6) is 2.33. The summed E-state index contributed by atoms with van der Waals surface area (Å²) >= 11 is 6.07. The van der Waals surface area contributed by atoms with Crippen LogP contribution in [-0.2, 0) is 6.42 Å². The quantitative estimate of drug-likeness (QED) is 0.599. The zero-order valence-electron chi connectivity index (χ0n) is 15.1. The van der Waals surface area contributed by atoms with Crippen LogP contribution in [0.15, 0.2) is 48.5 Å². The summed E-state index contributed by atoms with van der Waals surface area (Å²) in [6.07, 6.45) is 0.556. The van der Waals surface area contributed by atoms with Crippen molar-refractivity contribution in [3.63, 3.8) is 0 Å². The summed E-state index contributed by atoms with van der Waals surface area (Å²) in [7, 11) is 1.59. The molecule has 7 heteroatoms. The molecule has 5 nitrogen and oxygen atoms in total. The van der Waals surface area contributed by atoms with Crippen molar-refractivity contribution in [2.24, 2.45) is 0 Å². The normalized spacial score (nSPS) is 10.5. The number of halogens is 2. The monoisotopic (exact) mass is 386 g/mol. The molecule has 0 aliphatic rings. The van der Waals surface area contributed by atoms with E-state index in [9.17, 15) is 4.39 Å². The Morgan fingerprint density at radius 1 is 1.07 bits per heavy atom. The number of nitrogens with one attached hydrogen (secondary N) is 2. The highest BCUT2D eigenvalue weighted by Gasteiger charge is 2.08. The van der Waals surface area contributed by atoms with E-state index in [1.165, 1.54) is 6.07 Å². The molecule has 0 aliphatic heterocycles. The molecule has 0 fully saturated rings. The van der Waals surface area contributed by atoms with E-state index in [-0.39, 0.29) is 5.82 Å². The average Bonchev–Trinajstić information content (AvgIpc) is 2.63. The zero-order valence-corrected chi connectivity index (χ0v) is 15.8. The Morgan fingerprint density at radius 2 is 1.85 bits per heavy atom. The maximum absolute atomic E-state index is 13.7. The lowest BCUT2D eigenvalue weighted by Gasteiger charge is -2.13. The number of aromatic nitrogens is 2. The Kier molecular flexibility index (Phi) is 6.08. The second kappa shape index (κ2) is 8.68. The minimum absolute atomic E-state index is 0.200. The number of benzene rings is 2. The third-order valence-electron chi connectivity index (χ3n) is 3.92. The highest BCUT2D eigenvalue weighted by Crippen LogP contribution is 2.30. The Labute approximate surface area is 162 Å². The summed E-state index contributed by atoms with van der Waals surface area (Å²) in [6.45, 7) is 2.36. The molecular weight excluding hydrogens is 367 g/mol. The summed E-state index contributed by atoms with van der Waals surface area (Å²) in [4.78, 5) is 8.77. The first kappa shape index (κ1) is 18.9. The highest BCUT2D eigenvalue weighted by atomic mass is 35.5. The molecule has 0 bridgehead atoms. The number of hydrogen-bond donors (Lipinski definition) is 2. The molecule has 1 aromatic heterocycles. The van der Waals surface area contributed by atoms with Crippen molar-refractivity contribution in [3.05, 3.63) is 70.8 Å². The Hall–Kier alpha value is -2.86. The second-order valence-corrected chi connectivity index (χ2v) is 6.36. The first-order valence-electron chi connectivity index (χ1n) is 8.48. The van der Waals surface area contributed by atoms with Crippen molar-refractivity contribution in [1.29, 1.82) is 0 Å². The van der Waals surface area contributed by atoms with Crippen LogP contribution in [0.1, 0.15) is 11.4 Å². The van der Waals surface area contributed by atoms with E-state index >= 15 is 0 Å². The van der Waals surface area contributed by atoms with Crippen LogP contribution in [0.4, 0.5) is 21.7 Å². The molecule has 0 amide bonds. The van der Waals surface area contributed by atoms with Crippen molar-refractivity contribution in [1.82, 2.24) is 9.97 Å². The number of ether oxygens (including phenoxy) is 1. The van der Waals surface area contributed by atoms with Gasteiger partial charge in [0.2, 0.25) is 0 Å². The molecule has 2 aromatic carbocycles. The third-order valence-corrected chi connectivity index (χ3v) is 4.16. The van der Waals surface area contributed by atoms with E-state index in [1.54, 1.807) is 43.5 Å². The Balaban J connectivity index is 1.71. The Bertz CT molecular complexity index is 936. The van der Waals surface area contributed by atoms with Gasteiger partial charge in [0.15, 0.2) is 0 Å².